The van der Waals surface area contributed by atoms with E-state index in [1.54, 1.807) is 18.2 Å². The number of hydrogen-bond donors (Lipinski definition) is 2. The van der Waals surface area contributed by atoms with Crippen molar-refractivity contribution >= 4 is 34.4 Å². The van der Waals surface area contributed by atoms with Crippen molar-refractivity contribution < 1.29 is 32.3 Å². The molecule has 1 fully saturated rings. The molecule has 2 aromatic carbocycles. The number of alkyl halides is 2. The lowest BCUT2D eigenvalue weighted by Crippen LogP contribution is -2.53. The summed E-state index contributed by atoms with van der Waals surface area (Å²) in [6.45, 7) is 2.34. The Bertz CT molecular complexity index is 1320. The molecular formula is C26H26ClF2N3O5. The van der Waals surface area contributed by atoms with Gasteiger partial charge in [0, 0.05) is 17.0 Å². The molecule has 0 aliphatic carbocycles. The molecule has 37 heavy (non-hydrogen) atoms. The number of furan rings is 1. The van der Waals surface area contributed by atoms with Crippen LogP contribution in [0.15, 0.2) is 46.9 Å². The Morgan fingerprint density at radius 3 is 2.51 bits per heavy atom. The normalized spacial score (nSPS) is 17.5. The molecule has 3 N–H and O–H groups in total. The standard InChI is InChI=1S/C26H26ClF2N3O5/c27-17-4-6-19-16(11-17)13-22(37-19)26(28,29)25(34)31-18(14-32-7-1-2-8-32)23(24(30)33)15-3-5-20-21(12-15)36-10-9-35-20/h3-6,11-13,18,23H,1-2,7-10,14H2,(H2,30,33)(H,31,34)/t18-,23+/m0/s1. The fraction of sp³-hybridized carbons (Fsp3) is 0.385. The number of benzene rings is 2. The van der Waals surface area contributed by atoms with Gasteiger partial charge in [-0.05, 0) is 67.9 Å². The quantitative estimate of drug-likeness (QED) is 0.456. The molecular weight excluding hydrogens is 508 g/mol. The third-order valence-electron chi connectivity index (χ3n) is 6.68. The van der Waals surface area contributed by atoms with Gasteiger partial charge in [-0.25, -0.2) is 0 Å². The molecule has 8 nitrogen and oxygen atoms in total. The minimum Gasteiger partial charge on any atom is -0.486 e. The molecule has 3 heterocycles. The minimum atomic E-state index is -4.01. The number of halogens is 3. The number of nitrogens with one attached hydrogen (secondary N) is 1. The van der Waals surface area contributed by atoms with Gasteiger partial charge in [-0.15, -0.1) is 0 Å². The Morgan fingerprint density at radius 2 is 1.78 bits per heavy atom. The minimum absolute atomic E-state index is 0.166. The van der Waals surface area contributed by atoms with Crippen molar-refractivity contribution in [2.24, 2.45) is 5.73 Å². The highest BCUT2D eigenvalue weighted by Gasteiger charge is 2.46. The third kappa shape index (κ3) is 5.21. The Labute approximate surface area is 216 Å². The summed E-state index contributed by atoms with van der Waals surface area (Å²) in [5.41, 5.74) is 6.39. The van der Waals surface area contributed by atoms with Gasteiger partial charge < -0.3 is 29.8 Å². The lowest BCUT2D eigenvalue weighted by molar-refractivity contribution is -0.150. The van der Waals surface area contributed by atoms with Crippen LogP contribution >= 0.6 is 11.6 Å². The fourth-order valence-electron chi connectivity index (χ4n) is 4.87. The van der Waals surface area contributed by atoms with Gasteiger partial charge >= 0.3 is 5.92 Å². The van der Waals surface area contributed by atoms with Crippen molar-refractivity contribution in [2.45, 2.75) is 30.7 Å². The van der Waals surface area contributed by atoms with E-state index in [0.29, 0.717) is 40.7 Å². The van der Waals surface area contributed by atoms with Crippen molar-refractivity contribution in [1.82, 2.24) is 10.2 Å². The van der Waals surface area contributed by atoms with Gasteiger partial charge in [-0.3, -0.25) is 9.59 Å². The summed E-state index contributed by atoms with van der Waals surface area (Å²) in [7, 11) is 0. The maximum Gasteiger partial charge on any atom is 0.380 e. The molecule has 2 aliphatic heterocycles. The van der Waals surface area contributed by atoms with Gasteiger partial charge in [0.05, 0.1) is 12.0 Å². The second-order valence-corrected chi connectivity index (χ2v) is 9.67. The van der Waals surface area contributed by atoms with Crippen LogP contribution in [0.3, 0.4) is 0 Å². The predicted octanol–water partition coefficient (Wildman–Crippen LogP) is 3.80. The second-order valence-electron chi connectivity index (χ2n) is 9.24. The van der Waals surface area contributed by atoms with E-state index in [4.69, 9.17) is 31.2 Å². The number of rotatable bonds is 8. The van der Waals surface area contributed by atoms with Crippen LogP contribution < -0.4 is 20.5 Å². The monoisotopic (exact) mass is 533 g/mol. The number of likely N-dealkylation sites (tertiary alicyclic amines) is 1. The summed E-state index contributed by atoms with van der Waals surface area (Å²) in [5, 5.41) is 3.10. The average Bonchev–Trinajstić information content (AvgIpc) is 3.53. The molecule has 2 atom stereocenters. The Kier molecular flexibility index (Phi) is 6.96. The molecule has 1 aromatic heterocycles. The van der Waals surface area contributed by atoms with Crippen molar-refractivity contribution in [2.75, 3.05) is 32.8 Å². The summed E-state index contributed by atoms with van der Waals surface area (Å²) in [5.74, 6) is -7.34. The summed E-state index contributed by atoms with van der Waals surface area (Å²) in [6, 6.07) is 9.37. The van der Waals surface area contributed by atoms with Crippen molar-refractivity contribution in [1.29, 1.82) is 0 Å². The van der Waals surface area contributed by atoms with Crippen LogP contribution in [0.5, 0.6) is 11.5 Å². The highest BCUT2D eigenvalue weighted by Crippen LogP contribution is 2.36. The number of carbonyl (C=O) groups is 2. The van der Waals surface area contributed by atoms with Gasteiger partial charge in [0.25, 0.3) is 5.91 Å². The molecule has 3 aromatic rings. The van der Waals surface area contributed by atoms with E-state index in [1.165, 1.54) is 18.2 Å². The largest absolute Gasteiger partial charge is 0.486 e. The first kappa shape index (κ1) is 25.3. The van der Waals surface area contributed by atoms with Gasteiger partial charge in [0.2, 0.25) is 5.91 Å². The smallest absolute Gasteiger partial charge is 0.380 e. The highest BCUT2D eigenvalue weighted by atomic mass is 35.5. The Balaban J connectivity index is 1.45. The zero-order valence-electron chi connectivity index (χ0n) is 19.8. The van der Waals surface area contributed by atoms with E-state index in [0.717, 1.165) is 32.0 Å². The number of carbonyl (C=O) groups excluding carboxylic acids is 2. The molecule has 1 saturated heterocycles. The molecule has 11 heteroatoms. The molecule has 0 spiro atoms. The number of fused-ring (bicyclic) bond motifs is 2. The first-order chi connectivity index (χ1) is 17.7. The maximum atomic E-state index is 15.3. The molecule has 0 unspecified atom stereocenters. The van der Waals surface area contributed by atoms with Crippen molar-refractivity contribution in [3.63, 3.8) is 0 Å². The van der Waals surface area contributed by atoms with E-state index in [2.05, 4.69) is 5.32 Å². The molecule has 0 radical (unpaired) electrons. The third-order valence-corrected chi connectivity index (χ3v) is 6.91. The Hall–Kier alpha value is -3.37. The summed E-state index contributed by atoms with van der Waals surface area (Å²) >= 11 is 5.95. The van der Waals surface area contributed by atoms with Crippen LogP contribution in [0, 0.1) is 0 Å². The number of hydrogen-bond acceptors (Lipinski definition) is 6. The topological polar surface area (TPSA) is 107 Å². The molecule has 196 valence electrons. The van der Waals surface area contributed by atoms with Crippen LogP contribution in [0.25, 0.3) is 11.0 Å². The summed E-state index contributed by atoms with van der Waals surface area (Å²) in [4.78, 5) is 27.7. The second kappa shape index (κ2) is 10.2. The van der Waals surface area contributed by atoms with Crippen molar-refractivity contribution in [3.8, 4) is 11.5 Å². The van der Waals surface area contributed by atoms with E-state index < -0.39 is 35.5 Å². The fourth-order valence-corrected chi connectivity index (χ4v) is 5.05. The van der Waals surface area contributed by atoms with Gasteiger partial charge in [0.15, 0.2) is 17.3 Å². The van der Waals surface area contributed by atoms with E-state index in [1.807, 2.05) is 4.90 Å². The lowest BCUT2D eigenvalue weighted by Gasteiger charge is -2.31. The maximum absolute atomic E-state index is 15.3. The molecule has 0 saturated carbocycles. The molecule has 2 aliphatic rings. The first-order valence-corrected chi connectivity index (χ1v) is 12.4. The highest BCUT2D eigenvalue weighted by molar-refractivity contribution is 6.31. The molecule has 2 amide bonds. The van der Waals surface area contributed by atoms with Gasteiger partial charge in [-0.1, -0.05) is 17.7 Å². The SMILES string of the molecule is NC(=O)[C@H](c1ccc2c(c1)OCCO2)[C@H](CN1CCCC1)NC(=O)C(F)(F)c1cc2cc(Cl)ccc2o1. The van der Waals surface area contributed by atoms with E-state index in [9.17, 15) is 9.59 Å². The zero-order valence-corrected chi connectivity index (χ0v) is 20.6. The predicted molar refractivity (Wildman–Crippen MR) is 132 cm³/mol. The molecule has 5 rings (SSSR count). The van der Waals surface area contributed by atoms with Crippen LogP contribution in [-0.4, -0.2) is 55.6 Å². The summed E-state index contributed by atoms with van der Waals surface area (Å²) in [6.07, 6.45) is 1.87. The van der Waals surface area contributed by atoms with Crippen LogP contribution in [0.2, 0.25) is 5.02 Å². The number of nitrogens with zero attached hydrogens (tertiary/aromatic N) is 1. The zero-order chi connectivity index (χ0) is 26.2. The first-order valence-electron chi connectivity index (χ1n) is 12.0. The van der Waals surface area contributed by atoms with Crippen LogP contribution in [-0.2, 0) is 15.5 Å². The number of amides is 2. The van der Waals surface area contributed by atoms with Gasteiger partial charge in [0.1, 0.15) is 18.8 Å². The molecule has 0 bridgehead atoms. The number of primary amides is 1. The van der Waals surface area contributed by atoms with Crippen molar-refractivity contribution in [3.05, 3.63) is 58.8 Å². The summed E-state index contributed by atoms with van der Waals surface area (Å²) < 4.78 is 47.1. The Morgan fingerprint density at radius 1 is 1.05 bits per heavy atom. The average molecular weight is 534 g/mol. The van der Waals surface area contributed by atoms with Crippen LogP contribution in [0.1, 0.15) is 30.1 Å². The van der Waals surface area contributed by atoms with E-state index >= 15 is 8.78 Å². The van der Waals surface area contributed by atoms with E-state index in [-0.39, 0.29) is 12.1 Å². The lowest BCUT2D eigenvalue weighted by atomic mass is 9.89. The van der Waals surface area contributed by atoms with Crippen LogP contribution in [0.4, 0.5) is 8.78 Å². The van der Waals surface area contributed by atoms with Gasteiger partial charge in [-0.2, -0.15) is 8.78 Å². The number of nitrogens with two attached hydrogens (primary N) is 1. The number of ether oxygens (including phenoxy) is 2.